The van der Waals surface area contributed by atoms with Crippen LogP contribution in [0.25, 0.3) is 0 Å². The summed E-state index contributed by atoms with van der Waals surface area (Å²) in [5.41, 5.74) is 0. The Bertz CT molecular complexity index is 231. The predicted molar refractivity (Wildman–Crippen MR) is 95.4 cm³/mol. The molecule has 0 spiro atoms. The monoisotopic (exact) mass is 318 g/mol. The molecule has 0 aromatic carbocycles. The summed E-state index contributed by atoms with van der Waals surface area (Å²) in [5, 5.41) is 8.88. The van der Waals surface area contributed by atoms with Gasteiger partial charge in [0.25, 0.3) is 0 Å². The van der Waals surface area contributed by atoms with Gasteiger partial charge >= 0.3 is 0 Å². The highest BCUT2D eigenvalue weighted by molar-refractivity contribution is 6.84. The molecule has 0 aromatic heterocycles. The van der Waals surface area contributed by atoms with Gasteiger partial charge in [-0.05, 0) is 44.7 Å². The molecule has 1 N–H and O–H groups in total. The Morgan fingerprint density at radius 3 is 1.65 bits per heavy atom. The molecular weight excluding hydrogens is 280 g/mol. The quantitative estimate of drug-likeness (QED) is 0.356. The molecule has 0 radical (unpaired) electrons. The topological polar surface area (TPSA) is 29.5 Å². The average Bonchev–Trinajstić information content (AvgIpc) is 2.32. The number of hydrogen-bond acceptors (Lipinski definition) is 2. The molecule has 0 aliphatic heterocycles. The van der Waals surface area contributed by atoms with Gasteiger partial charge in [-0.25, -0.2) is 0 Å². The average molecular weight is 319 g/mol. The second kappa shape index (κ2) is 11.0. The van der Waals surface area contributed by atoms with E-state index in [4.69, 9.17) is 9.22 Å². The molecule has 0 bridgehead atoms. The van der Waals surface area contributed by atoms with Crippen LogP contribution in [-0.2, 0) is 4.12 Å². The fraction of sp³-hybridized carbons (Fsp3) is 1.00. The summed E-state index contributed by atoms with van der Waals surface area (Å²) in [6.07, 6.45) is 10.3. The predicted octanol–water partition coefficient (Wildman–Crippen LogP) is 5.55. The fourth-order valence-electron chi connectivity index (χ4n) is 2.84. The van der Waals surface area contributed by atoms with Gasteiger partial charge in [0.15, 0.2) is 16.6 Å². The third-order valence-corrected chi connectivity index (χ3v) is 11.4. The number of aliphatic hydroxyl groups excluding tert-OH is 1. The van der Waals surface area contributed by atoms with E-state index in [0.29, 0.717) is 6.61 Å². The van der Waals surface area contributed by atoms with Gasteiger partial charge in [-0.3, -0.25) is 0 Å². The van der Waals surface area contributed by atoms with E-state index in [1.807, 2.05) is 0 Å². The van der Waals surface area contributed by atoms with Crippen LogP contribution in [0.5, 0.6) is 0 Å². The Hall–Kier alpha value is 0.354. The van der Waals surface area contributed by atoms with E-state index in [0.717, 1.165) is 12.8 Å². The van der Waals surface area contributed by atoms with E-state index in [2.05, 4.69) is 33.1 Å². The van der Waals surface area contributed by atoms with E-state index in [1.54, 1.807) is 0 Å². The SMILES string of the molecule is CCCCCCCC[Si](C)(C)O[Si](C)(C)CCCCO. The standard InChI is InChI=1S/C16H38O2Si2/c1-6-7-8-9-10-12-15-19(2,3)18-20(4,5)16-13-11-14-17/h17H,6-16H2,1-5H3. The Morgan fingerprint density at radius 1 is 0.700 bits per heavy atom. The maximum atomic E-state index is 8.88. The third-order valence-electron chi connectivity index (χ3n) is 3.87. The summed E-state index contributed by atoms with van der Waals surface area (Å²) >= 11 is 0. The first-order valence-corrected chi connectivity index (χ1v) is 14.9. The molecule has 0 rings (SSSR count). The molecule has 0 aliphatic rings. The van der Waals surface area contributed by atoms with Gasteiger partial charge in [-0.15, -0.1) is 0 Å². The van der Waals surface area contributed by atoms with Crippen LogP contribution in [-0.4, -0.2) is 28.3 Å². The zero-order chi connectivity index (χ0) is 15.5. The molecule has 2 nitrogen and oxygen atoms in total. The van der Waals surface area contributed by atoms with Gasteiger partial charge in [0.05, 0.1) is 0 Å². The summed E-state index contributed by atoms with van der Waals surface area (Å²) in [6, 6.07) is 2.51. The van der Waals surface area contributed by atoms with Crippen molar-refractivity contribution in [3.05, 3.63) is 0 Å². The van der Waals surface area contributed by atoms with Crippen molar-refractivity contribution in [2.24, 2.45) is 0 Å². The molecule has 0 atom stereocenters. The van der Waals surface area contributed by atoms with Crippen molar-refractivity contribution >= 4 is 16.6 Å². The van der Waals surface area contributed by atoms with Crippen molar-refractivity contribution < 1.29 is 9.22 Å². The van der Waals surface area contributed by atoms with Crippen LogP contribution in [0.4, 0.5) is 0 Å². The second-order valence-electron chi connectivity index (χ2n) is 7.32. The van der Waals surface area contributed by atoms with E-state index in [-0.39, 0.29) is 0 Å². The summed E-state index contributed by atoms with van der Waals surface area (Å²) in [6.45, 7) is 12.1. The minimum atomic E-state index is -1.51. The molecule has 0 heterocycles. The third kappa shape index (κ3) is 12.1. The number of hydrogen-bond donors (Lipinski definition) is 1. The van der Waals surface area contributed by atoms with Gasteiger partial charge in [0, 0.05) is 6.61 Å². The van der Waals surface area contributed by atoms with Crippen molar-refractivity contribution in [1.82, 2.24) is 0 Å². The van der Waals surface area contributed by atoms with Crippen LogP contribution >= 0.6 is 0 Å². The molecule has 0 aromatic rings. The van der Waals surface area contributed by atoms with Crippen molar-refractivity contribution in [2.45, 2.75) is 96.6 Å². The van der Waals surface area contributed by atoms with Crippen molar-refractivity contribution in [1.29, 1.82) is 0 Å². The summed E-state index contributed by atoms with van der Waals surface area (Å²) in [7, 11) is -2.97. The molecular formula is C16H38O2Si2. The Labute approximate surface area is 129 Å². The Balaban J connectivity index is 3.85. The number of aliphatic hydroxyl groups is 1. The van der Waals surface area contributed by atoms with E-state index >= 15 is 0 Å². The smallest absolute Gasteiger partial charge is 0.173 e. The summed E-state index contributed by atoms with van der Waals surface area (Å²) in [5.74, 6) is 0. The zero-order valence-corrected chi connectivity index (χ0v) is 16.6. The van der Waals surface area contributed by atoms with Gasteiger partial charge < -0.3 is 9.22 Å². The van der Waals surface area contributed by atoms with Gasteiger partial charge in [-0.2, -0.15) is 0 Å². The lowest BCUT2D eigenvalue weighted by Crippen LogP contribution is -2.44. The van der Waals surface area contributed by atoms with E-state index in [9.17, 15) is 0 Å². The van der Waals surface area contributed by atoms with Crippen LogP contribution in [0, 0.1) is 0 Å². The highest BCUT2D eigenvalue weighted by Crippen LogP contribution is 2.25. The van der Waals surface area contributed by atoms with Crippen LogP contribution in [0.1, 0.15) is 58.3 Å². The first-order chi connectivity index (χ1) is 9.33. The molecule has 0 saturated carbocycles. The summed E-state index contributed by atoms with van der Waals surface area (Å²) in [4.78, 5) is 0. The Kier molecular flexibility index (Phi) is 11.2. The first kappa shape index (κ1) is 20.4. The number of unbranched alkanes of at least 4 members (excludes halogenated alkanes) is 6. The Morgan fingerprint density at radius 2 is 1.15 bits per heavy atom. The normalized spacial score (nSPS) is 12.9. The number of rotatable bonds is 13. The lowest BCUT2D eigenvalue weighted by molar-refractivity contribution is 0.286. The maximum absolute atomic E-state index is 8.88. The summed E-state index contributed by atoms with van der Waals surface area (Å²) < 4.78 is 6.60. The lowest BCUT2D eigenvalue weighted by Gasteiger charge is -2.34. The van der Waals surface area contributed by atoms with Crippen molar-refractivity contribution in [3.63, 3.8) is 0 Å². The van der Waals surface area contributed by atoms with Crippen molar-refractivity contribution in [3.8, 4) is 0 Å². The molecule has 122 valence electrons. The highest BCUT2D eigenvalue weighted by atomic mass is 28.4. The van der Waals surface area contributed by atoms with Crippen LogP contribution in [0.2, 0.25) is 38.3 Å². The minimum absolute atomic E-state index is 0.322. The van der Waals surface area contributed by atoms with Gasteiger partial charge in [0.2, 0.25) is 0 Å². The largest absolute Gasteiger partial charge is 0.455 e. The highest BCUT2D eigenvalue weighted by Gasteiger charge is 2.31. The molecule has 4 heteroatoms. The van der Waals surface area contributed by atoms with Crippen LogP contribution in [0.3, 0.4) is 0 Å². The maximum Gasteiger partial charge on any atom is 0.173 e. The zero-order valence-electron chi connectivity index (χ0n) is 14.6. The van der Waals surface area contributed by atoms with Crippen molar-refractivity contribution in [2.75, 3.05) is 6.61 Å². The molecule has 0 fully saturated rings. The second-order valence-corrected chi connectivity index (χ2v) is 16.2. The molecule has 0 unspecified atom stereocenters. The van der Waals surface area contributed by atoms with Gasteiger partial charge in [-0.1, -0.05) is 51.9 Å². The fourth-order valence-corrected chi connectivity index (χ4v) is 11.8. The lowest BCUT2D eigenvalue weighted by atomic mass is 10.1. The van der Waals surface area contributed by atoms with Gasteiger partial charge in [0.1, 0.15) is 0 Å². The molecule has 0 amide bonds. The molecule has 0 saturated heterocycles. The van der Waals surface area contributed by atoms with Crippen LogP contribution < -0.4 is 0 Å². The van der Waals surface area contributed by atoms with E-state index < -0.39 is 16.6 Å². The minimum Gasteiger partial charge on any atom is -0.455 e. The first-order valence-electron chi connectivity index (χ1n) is 8.64. The molecule has 20 heavy (non-hydrogen) atoms. The molecule has 0 aliphatic carbocycles. The van der Waals surface area contributed by atoms with E-state index in [1.165, 1.54) is 50.6 Å². The van der Waals surface area contributed by atoms with Crippen LogP contribution in [0.15, 0.2) is 0 Å².